The van der Waals surface area contributed by atoms with E-state index in [1.54, 1.807) is 13.0 Å². The molecule has 0 aliphatic carbocycles. The molecule has 0 aliphatic heterocycles. The largest absolute Gasteiger partial charge is 0.394 e. The van der Waals surface area contributed by atoms with Gasteiger partial charge in [0, 0.05) is 12.6 Å². The first-order chi connectivity index (χ1) is 8.59. The Balaban J connectivity index is 2.95. The molecule has 1 heterocycles. The zero-order chi connectivity index (χ0) is 13.6. The average Bonchev–Trinajstić information content (AvgIpc) is 2.36. The number of nitrogens with zero attached hydrogens (tertiary/aromatic N) is 2. The van der Waals surface area contributed by atoms with Gasteiger partial charge in [-0.1, -0.05) is 0 Å². The maximum atomic E-state index is 9.24. The van der Waals surface area contributed by atoms with Crippen molar-refractivity contribution >= 4 is 11.6 Å². The van der Waals surface area contributed by atoms with Crippen molar-refractivity contribution < 1.29 is 15.3 Å². The van der Waals surface area contributed by atoms with Crippen LogP contribution in [0.1, 0.15) is 12.7 Å². The SMILES string of the molecule is CCNc1cc(NC(CO)(CO)CO)nc(C)n1. The lowest BCUT2D eigenvalue weighted by atomic mass is 10.0. The fraction of sp³-hybridized carbons (Fsp3) is 0.636. The summed E-state index contributed by atoms with van der Waals surface area (Å²) < 4.78 is 0. The summed E-state index contributed by atoms with van der Waals surface area (Å²) in [5.74, 6) is 1.64. The lowest BCUT2D eigenvalue weighted by molar-refractivity contribution is 0.0831. The number of nitrogens with one attached hydrogen (secondary N) is 2. The highest BCUT2D eigenvalue weighted by Crippen LogP contribution is 2.16. The molecule has 0 bridgehead atoms. The van der Waals surface area contributed by atoms with Gasteiger partial charge in [0.1, 0.15) is 23.0 Å². The van der Waals surface area contributed by atoms with Gasteiger partial charge in [0.25, 0.3) is 0 Å². The van der Waals surface area contributed by atoms with Gasteiger partial charge in [0.2, 0.25) is 0 Å². The lowest BCUT2D eigenvalue weighted by Crippen LogP contribution is -2.49. The fourth-order valence-electron chi connectivity index (χ4n) is 1.44. The van der Waals surface area contributed by atoms with Crippen LogP contribution < -0.4 is 10.6 Å². The van der Waals surface area contributed by atoms with Crippen molar-refractivity contribution in [1.29, 1.82) is 0 Å². The molecule has 0 unspecified atom stereocenters. The minimum atomic E-state index is -1.19. The van der Waals surface area contributed by atoms with E-state index in [-0.39, 0.29) is 0 Å². The molecule has 5 N–H and O–H groups in total. The van der Waals surface area contributed by atoms with Gasteiger partial charge in [-0.2, -0.15) is 0 Å². The number of aromatic nitrogens is 2. The van der Waals surface area contributed by atoms with E-state index in [4.69, 9.17) is 0 Å². The van der Waals surface area contributed by atoms with E-state index >= 15 is 0 Å². The molecule has 0 spiro atoms. The van der Waals surface area contributed by atoms with Gasteiger partial charge in [-0.05, 0) is 13.8 Å². The Kier molecular flexibility index (Phi) is 5.26. The third kappa shape index (κ3) is 3.52. The van der Waals surface area contributed by atoms with Crippen LogP contribution >= 0.6 is 0 Å². The van der Waals surface area contributed by atoms with Crippen molar-refractivity contribution in [3.8, 4) is 0 Å². The van der Waals surface area contributed by atoms with Gasteiger partial charge in [0.05, 0.1) is 19.8 Å². The Morgan fingerprint density at radius 1 is 1.11 bits per heavy atom. The van der Waals surface area contributed by atoms with Crippen molar-refractivity contribution in [3.63, 3.8) is 0 Å². The standard InChI is InChI=1S/C11H20N4O3/c1-3-12-9-4-10(14-8(2)13-9)15-11(5-16,6-17)7-18/h4,16-18H,3,5-7H2,1-2H3,(H2,12,13,14,15). The number of aliphatic hydroxyl groups is 3. The van der Waals surface area contributed by atoms with Gasteiger partial charge in [0.15, 0.2) is 0 Å². The summed E-state index contributed by atoms with van der Waals surface area (Å²) >= 11 is 0. The molecule has 7 heteroatoms. The molecule has 102 valence electrons. The third-order valence-corrected chi connectivity index (χ3v) is 2.50. The van der Waals surface area contributed by atoms with Crippen molar-refractivity contribution in [1.82, 2.24) is 9.97 Å². The minimum Gasteiger partial charge on any atom is -0.394 e. The van der Waals surface area contributed by atoms with Gasteiger partial charge < -0.3 is 26.0 Å². The van der Waals surface area contributed by atoms with E-state index in [1.165, 1.54) is 0 Å². The lowest BCUT2D eigenvalue weighted by Gasteiger charge is -2.29. The second-order valence-electron chi connectivity index (χ2n) is 4.10. The van der Waals surface area contributed by atoms with Crippen LogP contribution in [0.2, 0.25) is 0 Å². The molecule has 0 radical (unpaired) electrons. The maximum absolute atomic E-state index is 9.24. The first kappa shape index (κ1) is 14.6. The molecule has 18 heavy (non-hydrogen) atoms. The second-order valence-corrected chi connectivity index (χ2v) is 4.10. The molecule has 0 amide bonds. The molecule has 0 aromatic carbocycles. The second kappa shape index (κ2) is 6.48. The van der Waals surface area contributed by atoms with E-state index in [9.17, 15) is 15.3 Å². The molecule has 1 aromatic heterocycles. The summed E-state index contributed by atoms with van der Waals surface area (Å²) in [4.78, 5) is 8.33. The summed E-state index contributed by atoms with van der Waals surface area (Å²) in [7, 11) is 0. The van der Waals surface area contributed by atoms with Gasteiger partial charge >= 0.3 is 0 Å². The molecule has 0 saturated heterocycles. The Hall–Kier alpha value is -1.44. The number of anilines is 2. The molecular formula is C11H20N4O3. The zero-order valence-electron chi connectivity index (χ0n) is 10.6. The van der Waals surface area contributed by atoms with Crippen LogP contribution in [0.25, 0.3) is 0 Å². The third-order valence-electron chi connectivity index (χ3n) is 2.50. The number of hydrogen-bond donors (Lipinski definition) is 5. The normalized spacial score (nSPS) is 11.4. The van der Waals surface area contributed by atoms with Crippen LogP contribution in [-0.2, 0) is 0 Å². The van der Waals surface area contributed by atoms with Crippen molar-refractivity contribution in [3.05, 3.63) is 11.9 Å². The maximum Gasteiger partial charge on any atom is 0.132 e. The van der Waals surface area contributed by atoms with E-state index in [2.05, 4.69) is 20.6 Å². The van der Waals surface area contributed by atoms with Gasteiger partial charge in [-0.15, -0.1) is 0 Å². The fourth-order valence-corrected chi connectivity index (χ4v) is 1.44. The monoisotopic (exact) mass is 256 g/mol. The number of rotatable bonds is 7. The number of aryl methyl sites for hydroxylation is 1. The Morgan fingerprint density at radius 2 is 1.67 bits per heavy atom. The highest BCUT2D eigenvalue weighted by Gasteiger charge is 2.28. The number of aliphatic hydroxyl groups excluding tert-OH is 3. The predicted octanol–water partition coefficient (Wildman–Crippen LogP) is -0.656. The summed E-state index contributed by atoms with van der Waals surface area (Å²) in [6.45, 7) is 3.20. The summed E-state index contributed by atoms with van der Waals surface area (Å²) in [5.41, 5.74) is -1.19. The molecular weight excluding hydrogens is 236 g/mol. The highest BCUT2D eigenvalue weighted by atomic mass is 16.3. The summed E-state index contributed by atoms with van der Waals surface area (Å²) in [6, 6.07) is 1.66. The summed E-state index contributed by atoms with van der Waals surface area (Å²) in [6.07, 6.45) is 0. The molecule has 0 atom stereocenters. The number of hydrogen-bond acceptors (Lipinski definition) is 7. The Labute approximate surface area is 106 Å². The van der Waals surface area contributed by atoms with Crippen LogP contribution in [0.4, 0.5) is 11.6 Å². The molecule has 1 rings (SSSR count). The van der Waals surface area contributed by atoms with Gasteiger partial charge in [-0.25, -0.2) is 9.97 Å². The quantitative estimate of drug-likeness (QED) is 0.440. The first-order valence-corrected chi connectivity index (χ1v) is 5.79. The van der Waals surface area contributed by atoms with Crippen LogP contribution in [-0.4, -0.2) is 57.2 Å². The van der Waals surface area contributed by atoms with Crippen LogP contribution in [0, 0.1) is 6.92 Å². The topological polar surface area (TPSA) is 111 Å². The summed E-state index contributed by atoms with van der Waals surface area (Å²) in [5, 5.41) is 33.6. The molecule has 0 saturated carbocycles. The smallest absolute Gasteiger partial charge is 0.132 e. The molecule has 7 nitrogen and oxygen atoms in total. The average molecular weight is 256 g/mol. The van der Waals surface area contributed by atoms with Crippen LogP contribution in [0.3, 0.4) is 0 Å². The minimum absolute atomic E-state index is 0.403. The van der Waals surface area contributed by atoms with Crippen molar-refractivity contribution in [2.75, 3.05) is 37.0 Å². The van der Waals surface area contributed by atoms with Crippen LogP contribution in [0.15, 0.2) is 6.07 Å². The highest BCUT2D eigenvalue weighted by molar-refractivity contribution is 5.49. The zero-order valence-corrected chi connectivity index (χ0v) is 10.6. The van der Waals surface area contributed by atoms with E-state index in [0.29, 0.717) is 17.5 Å². The van der Waals surface area contributed by atoms with Gasteiger partial charge in [-0.3, -0.25) is 0 Å². The van der Waals surface area contributed by atoms with E-state index in [1.807, 2.05) is 6.92 Å². The molecule has 0 aliphatic rings. The predicted molar refractivity (Wildman–Crippen MR) is 68.5 cm³/mol. The first-order valence-electron chi connectivity index (χ1n) is 5.79. The van der Waals surface area contributed by atoms with E-state index in [0.717, 1.165) is 6.54 Å². The molecule has 0 fully saturated rings. The Morgan fingerprint density at radius 3 is 2.17 bits per heavy atom. The molecule has 1 aromatic rings. The Bertz CT molecular complexity index is 374. The van der Waals surface area contributed by atoms with E-state index < -0.39 is 25.4 Å². The van der Waals surface area contributed by atoms with Crippen molar-refractivity contribution in [2.24, 2.45) is 0 Å². The van der Waals surface area contributed by atoms with Crippen LogP contribution in [0.5, 0.6) is 0 Å². The van der Waals surface area contributed by atoms with Crippen molar-refractivity contribution in [2.45, 2.75) is 19.4 Å².